The molecule has 0 spiro atoms. The standard InChI is InChI=1S/C10H9BrN2O2S/c1-13(15-2)10(14)9-7-4-3-6(11)5-8(7)16-12-9/h3-5H,1-2H3. The highest BCUT2D eigenvalue weighted by atomic mass is 79.9. The predicted octanol–water partition coefficient (Wildman–Crippen LogP) is 2.69. The Hall–Kier alpha value is -0.980. The Kier molecular flexibility index (Phi) is 3.22. The molecule has 1 aromatic carbocycles. The van der Waals surface area contributed by atoms with Crippen molar-refractivity contribution in [3.05, 3.63) is 28.4 Å². The van der Waals surface area contributed by atoms with Gasteiger partial charge in [-0.1, -0.05) is 15.9 Å². The first-order valence-electron chi connectivity index (χ1n) is 4.50. The van der Waals surface area contributed by atoms with Gasteiger partial charge in [-0.3, -0.25) is 9.63 Å². The number of halogens is 1. The van der Waals surface area contributed by atoms with Gasteiger partial charge in [0.1, 0.15) is 0 Å². The van der Waals surface area contributed by atoms with E-state index in [0.29, 0.717) is 5.69 Å². The number of carbonyl (C=O) groups is 1. The van der Waals surface area contributed by atoms with Gasteiger partial charge in [-0.25, -0.2) is 5.06 Å². The van der Waals surface area contributed by atoms with E-state index in [0.717, 1.165) is 19.6 Å². The van der Waals surface area contributed by atoms with Crippen LogP contribution in [-0.4, -0.2) is 29.5 Å². The number of nitrogens with zero attached hydrogens (tertiary/aromatic N) is 2. The number of hydrogen-bond donors (Lipinski definition) is 0. The van der Waals surface area contributed by atoms with Crippen LogP contribution in [0.2, 0.25) is 0 Å². The maximum Gasteiger partial charge on any atom is 0.297 e. The number of fused-ring (bicyclic) bond motifs is 1. The van der Waals surface area contributed by atoms with E-state index in [2.05, 4.69) is 20.3 Å². The van der Waals surface area contributed by atoms with Gasteiger partial charge in [0.25, 0.3) is 5.91 Å². The summed E-state index contributed by atoms with van der Waals surface area (Å²) in [5, 5.41) is 2.01. The minimum atomic E-state index is -0.240. The number of aromatic nitrogens is 1. The summed E-state index contributed by atoms with van der Waals surface area (Å²) < 4.78 is 6.10. The minimum absolute atomic E-state index is 0.240. The number of carbonyl (C=O) groups excluding carboxylic acids is 1. The summed E-state index contributed by atoms with van der Waals surface area (Å²) in [5.41, 5.74) is 0.428. The van der Waals surface area contributed by atoms with Crippen molar-refractivity contribution >= 4 is 43.5 Å². The molecule has 0 bridgehead atoms. The van der Waals surface area contributed by atoms with Gasteiger partial charge < -0.3 is 0 Å². The van der Waals surface area contributed by atoms with E-state index < -0.39 is 0 Å². The summed E-state index contributed by atoms with van der Waals surface area (Å²) in [4.78, 5) is 16.7. The van der Waals surface area contributed by atoms with Gasteiger partial charge in [0.2, 0.25) is 0 Å². The third-order valence-corrected chi connectivity index (χ3v) is 3.50. The first-order chi connectivity index (χ1) is 7.63. The molecule has 1 heterocycles. The van der Waals surface area contributed by atoms with Gasteiger partial charge in [-0.2, -0.15) is 4.37 Å². The van der Waals surface area contributed by atoms with Crippen molar-refractivity contribution in [2.75, 3.05) is 14.2 Å². The average Bonchev–Trinajstić information content (AvgIpc) is 2.69. The average molecular weight is 301 g/mol. The molecule has 0 aliphatic rings. The Morgan fingerprint density at radius 1 is 1.56 bits per heavy atom. The zero-order valence-electron chi connectivity index (χ0n) is 8.73. The number of rotatable bonds is 2. The van der Waals surface area contributed by atoms with Gasteiger partial charge in [0, 0.05) is 16.9 Å². The van der Waals surface area contributed by atoms with Crippen molar-refractivity contribution in [1.29, 1.82) is 0 Å². The normalized spacial score (nSPS) is 10.7. The Balaban J connectivity index is 2.50. The van der Waals surface area contributed by atoms with E-state index in [1.54, 1.807) is 7.05 Å². The summed E-state index contributed by atoms with van der Waals surface area (Å²) in [6.07, 6.45) is 0. The van der Waals surface area contributed by atoms with E-state index >= 15 is 0 Å². The van der Waals surface area contributed by atoms with Gasteiger partial charge in [0.15, 0.2) is 5.69 Å². The maximum absolute atomic E-state index is 11.9. The molecule has 2 rings (SSSR count). The summed E-state index contributed by atoms with van der Waals surface area (Å²) >= 11 is 4.68. The SMILES string of the molecule is CON(C)C(=O)c1nsc2cc(Br)ccc12. The molecular weight excluding hydrogens is 292 g/mol. The van der Waals surface area contributed by atoms with Crippen LogP contribution >= 0.6 is 27.5 Å². The molecule has 0 saturated carbocycles. The van der Waals surface area contributed by atoms with Crippen LogP contribution in [0.25, 0.3) is 10.1 Å². The first-order valence-corrected chi connectivity index (χ1v) is 6.07. The minimum Gasteiger partial charge on any atom is -0.274 e. The summed E-state index contributed by atoms with van der Waals surface area (Å²) in [7, 11) is 3.01. The van der Waals surface area contributed by atoms with Crippen LogP contribution < -0.4 is 0 Å². The van der Waals surface area contributed by atoms with E-state index in [-0.39, 0.29) is 5.91 Å². The Bertz CT molecular complexity index is 541. The number of amides is 1. The molecular formula is C10H9BrN2O2S. The van der Waals surface area contributed by atoms with E-state index in [1.165, 1.54) is 18.6 Å². The van der Waals surface area contributed by atoms with Crippen LogP contribution in [0, 0.1) is 0 Å². The second-order valence-electron chi connectivity index (χ2n) is 3.16. The second kappa shape index (κ2) is 4.48. The van der Waals surface area contributed by atoms with Gasteiger partial charge in [-0.15, -0.1) is 0 Å². The summed E-state index contributed by atoms with van der Waals surface area (Å²) in [5.74, 6) is -0.240. The van der Waals surface area contributed by atoms with E-state index in [1.807, 2.05) is 18.2 Å². The molecule has 6 heteroatoms. The molecule has 0 fully saturated rings. The van der Waals surface area contributed by atoms with Gasteiger partial charge >= 0.3 is 0 Å². The summed E-state index contributed by atoms with van der Waals surface area (Å²) in [6, 6.07) is 5.70. The van der Waals surface area contributed by atoms with Crippen molar-refractivity contribution < 1.29 is 9.63 Å². The zero-order chi connectivity index (χ0) is 11.7. The highest BCUT2D eigenvalue weighted by molar-refractivity contribution is 9.10. The molecule has 2 aromatic rings. The predicted molar refractivity (Wildman–Crippen MR) is 66.4 cm³/mol. The molecule has 0 radical (unpaired) electrons. The lowest BCUT2D eigenvalue weighted by atomic mass is 10.2. The zero-order valence-corrected chi connectivity index (χ0v) is 11.1. The highest BCUT2D eigenvalue weighted by Crippen LogP contribution is 2.26. The fourth-order valence-corrected chi connectivity index (χ4v) is 2.62. The molecule has 84 valence electrons. The molecule has 4 nitrogen and oxygen atoms in total. The van der Waals surface area contributed by atoms with Gasteiger partial charge in [0.05, 0.1) is 11.8 Å². The molecule has 0 aliphatic heterocycles. The van der Waals surface area contributed by atoms with Crippen LogP contribution in [0.4, 0.5) is 0 Å². The Morgan fingerprint density at radius 2 is 2.31 bits per heavy atom. The quantitative estimate of drug-likeness (QED) is 0.801. The maximum atomic E-state index is 11.9. The van der Waals surface area contributed by atoms with Crippen LogP contribution in [0.15, 0.2) is 22.7 Å². The fourth-order valence-electron chi connectivity index (χ4n) is 1.30. The molecule has 0 atom stereocenters. The van der Waals surface area contributed by atoms with Crippen LogP contribution in [-0.2, 0) is 4.84 Å². The lowest BCUT2D eigenvalue weighted by Crippen LogP contribution is -2.25. The largest absolute Gasteiger partial charge is 0.297 e. The molecule has 0 aliphatic carbocycles. The van der Waals surface area contributed by atoms with Crippen LogP contribution in [0.1, 0.15) is 10.5 Å². The Morgan fingerprint density at radius 3 is 3.00 bits per heavy atom. The molecule has 0 saturated heterocycles. The number of benzene rings is 1. The molecule has 0 N–H and O–H groups in total. The third-order valence-electron chi connectivity index (χ3n) is 2.20. The van der Waals surface area contributed by atoms with E-state index in [9.17, 15) is 4.79 Å². The van der Waals surface area contributed by atoms with Crippen molar-refractivity contribution in [2.24, 2.45) is 0 Å². The number of hydroxylamine groups is 2. The molecule has 16 heavy (non-hydrogen) atoms. The molecule has 0 unspecified atom stereocenters. The molecule has 1 amide bonds. The lowest BCUT2D eigenvalue weighted by molar-refractivity contribution is -0.0758. The molecule has 1 aromatic heterocycles. The highest BCUT2D eigenvalue weighted by Gasteiger charge is 2.18. The fraction of sp³-hybridized carbons (Fsp3) is 0.200. The first kappa shape index (κ1) is 11.5. The van der Waals surface area contributed by atoms with Crippen molar-refractivity contribution in [2.45, 2.75) is 0 Å². The van der Waals surface area contributed by atoms with Crippen LogP contribution in [0.3, 0.4) is 0 Å². The summed E-state index contributed by atoms with van der Waals surface area (Å²) in [6.45, 7) is 0. The second-order valence-corrected chi connectivity index (χ2v) is 4.88. The smallest absolute Gasteiger partial charge is 0.274 e. The Labute approximate surface area is 105 Å². The van der Waals surface area contributed by atoms with Crippen molar-refractivity contribution in [3.8, 4) is 0 Å². The monoisotopic (exact) mass is 300 g/mol. The third kappa shape index (κ3) is 1.95. The van der Waals surface area contributed by atoms with Crippen LogP contribution in [0.5, 0.6) is 0 Å². The van der Waals surface area contributed by atoms with E-state index in [4.69, 9.17) is 4.84 Å². The van der Waals surface area contributed by atoms with Crippen molar-refractivity contribution in [3.63, 3.8) is 0 Å². The van der Waals surface area contributed by atoms with Gasteiger partial charge in [-0.05, 0) is 29.7 Å². The lowest BCUT2D eigenvalue weighted by Gasteiger charge is -2.11. The number of hydrogen-bond acceptors (Lipinski definition) is 4. The topological polar surface area (TPSA) is 42.4 Å². The van der Waals surface area contributed by atoms with Crippen molar-refractivity contribution in [1.82, 2.24) is 9.44 Å².